The molecule has 0 spiro atoms. The first-order chi connectivity index (χ1) is 15.0. The molecule has 0 saturated heterocycles. The first-order valence-corrected chi connectivity index (χ1v) is 13.4. The van der Waals surface area contributed by atoms with E-state index in [1.807, 2.05) is 11.1 Å². The molecule has 6 bridgehead atoms. The van der Waals surface area contributed by atoms with Crippen molar-refractivity contribution in [1.82, 2.24) is 0 Å². The molecule has 7 rings (SSSR count). The summed E-state index contributed by atoms with van der Waals surface area (Å²) in [4.78, 5) is 0. The van der Waals surface area contributed by atoms with Crippen molar-refractivity contribution in [3.63, 3.8) is 0 Å². The Morgan fingerprint density at radius 1 is 0.656 bits per heavy atom. The Morgan fingerprint density at radius 3 is 1.69 bits per heavy atom. The zero-order chi connectivity index (χ0) is 23.0. The van der Waals surface area contributed by atoms with Gasteiger partial charge in [-0.2, -0.15) is 0 Å². The lowest BCUT2D eigenvalue weighted by molar-refractivity contribution is 0.0827. The third kappa shape index (κ3) is 3.14. The van der Waals surface area contributed by atoms with Gasteiger partial charge in [0.2, 0.25) is 0 Å². The van der Waals surface area contributed by atoms with Crippen LogP contribution in [0.3, 0.4) is 0 Å². The Hall–Kier alpha value is -1.30. The van der Waals surface area contributed by atoms with Gasteiger partial charge in [-0.1, -0.05) is 86.4 Å². The van der Waals surface area contributed by atoms with E-state index >= 15 is 0 Å². The smallest absolute Gasteiger partial charge is 0.000838 e. The normalized spacial score (nSPS) is 43.1. The maximum Gasteiger partial charge on any atom is -0.000838 e. The maximum atomic E-state index is 2.51. The highest BCUT2D eigenvalue weighted by Gasteiger charge is 2.64. The Bertz CT molecular complexity index is 873. The monoisotopic (exact) mass is 430 g/mol. The molecule has 0 aromatic rings. The van der Waals surface area contributed by atoms with Gasteiger partial charge in [-0.05, 0) is 112 Å². The van der Waals surface area contributed by atoms with Gasteiger partial charge >= 0.3 is 0 Å². The second-order valence-corrected chi connectivity index (χ2v) is 13.4. The quantitative estimate of drug-likeness (QED) is 0.266. The number of hydrogen-bond acceptors (Lipinski definition) is 0. The Labute approximate surface area is 198 Å². The molecule has 0 nitrogen and oxygen atoms in total. The van der Waals surface area contributed by atoms with E-state index in [9.17, 15) is 0 Å². The van der Waals surface area contributed by atoms with Gasteiger partial charge in [0.1, 0.15) is 0 Å². The van der Waals surface area contributed by atoms with E-state index in [1.54, 1.807) is 0 Å². The minimum atomic E-state index is 0.509. The van der Waals surface area contributed by atoms with Gasteiger partial charge in [-0.3, -0.25) is 0 Å². The molecule has 0 amide bonds. The van der Waals surface area contributed by atoms with Gasteiger partial charge in [0.15, 0.2) is 0 Å². The first-order valence-electron chi connectivity index (χ1n) is 13.4. The largest absolute Gasteiger partial charge is 0.0879 e. The first kappa shape index (κ1) is 22.5. The maximum absolute atomic E-state index is 2.51. The zero-order valence-corrected chi connectivity index (χ0v) is 21.9. The van der Waals surface area contributed by atoms with Crippen LogP contribution in [0, 0.1) is 58.2 Å². The SMILES string of the molecule is C1=CC2C3C=CC(C3)C2C1.CC(C)=C(C)C.CC1(C)C2CC(C3=C2C2C=CC3C2)C1(C)C. The molecule has 0 heteroatoms. The van der Waals surface area contributed by atoms with Crippen molar-refractivity contribution in [2.45, 2.75) is 81.1 Å². The van der Waals surface area contributed by atoms with Crippen molar-refractivity contribution in [3.8, 4) is 0 Å². The summed E-state index contributed by atoms with van der Waals surface area (Å²) in [7, 11) is 0. The highest BCUT2D eigenvalue weighted by molar-refractivity contribution is 5.48. The predicted octanol–water partition coefficient (Wildman–Crippen LogP) is 8.94. The Morgan fingerprint density at radius 2 is 1.19 bits per heavy atom. The predicted molar refractivity (Wildman–Crippen MR) is 138 cm³/mol. The fourth-order valence-electron chi connectivity index (χ4n) is 8.24. The van der Waals surface area contributed by atoms with E-state index in [0.29, 0.717) is 10.8 Å². The van der Waals surface area contributed by atoms with Gasteiger partial charge < -0.3 is 0 Å². The molecule has 7 aliphatic rings. The molecule has 0 radical (unpaired) electrons. The minimum Gasteiger partial charge on any atom is -0.0879 e. The molecule has 2 saturated carbocycles. The summed E-state index contributed by atoms with van der Waals surface area (Å²) in [6, 6.07) is 0. The summed E-state index contributed by atoms with van der Waals surface area (Å²) >= 11 is 0. The standard InChI is InChI=1S/C16H22.C10H12.C6H12/c1-15(2)11-8-12(16(15,3)4)14-10-6-5-9(7-10)13(11)14;1-2-9-7-4-5-8(6-7)10(9)3-1;1-5(2)6(3)4/h5-6,9-12H,7-8H2,1-4H3;1-2,4-5,7-10H,3,6H2;1-4H3. The summed E-state index contributed by atoms with van der Waals surface area (Å²) in [5.41, 5.74) is 7.65. The molecule has 0 heterocycles. The molecule has 8 unspecified atom stereocenters. The van der Waals surface area contributed by atoms with Gasteiger partial charge in [0, 0.05) is 0 Å². The lowest BCUT2D eigenvalue weighted by atomic mass is 9.57. The van der Waals surface area contributed by atoms with Crippen molar-refractivity contribution in [3.05, 3.63) is 58.7 Å². The van der Waals surface area contributed by atoms with Crippen LogP contribution in [0.25, 0.3) is 0 Å². The van der Waals surface area contributed by atoms with Gasteiger partial charge in [-0.25, -0.2) is 0 Å². The lowest BCUT2D eigenvalue weighted by Crippen LogP contribution is -2.40. The summed E-state index contributed by atoms with van der Waals surface area (Å²) in [6.07, 6.45) is 20.4. The average molecular weight is 431 g/mol. The van der Waals surface area contributed by atoms with Gasteiger partial charge in [-0.15, -0.1) is 0 Å². The molecule has 32 heavy (non-hydrogen) atoms. The molecule has 2 fully saturated rings. The van der Waals surface area contributed by atoms with Gasteiger partial charge in [0.05, 0.1) is 0 Å². The van der Waals surface area contributed by atoms with E-state index in [0.717, 1.165) is 47.3 Å². The van der Waals surface area contributed by atoms with Crippen LogP contribution in [0.15, 0.2) is 58.7 Å². The van der Waals surface area contributed by atoms with Crippen LogP contribution >= 0.6 is 0 Å². The Kier molecular flexibility index (Phi) is 5.35. The third-order valence-electron chi connectivity index (χ3n) is 11.3. The highest BCUT2D eigenvalue weighted by atomic mass is 14.7. The van der Waals surface area contributed by atoms with E-state index in [2.05, 4.69) is 91.8 Å². The number of fused-ring (bicyclic) bond motifs is 13. The average Bonchev–Trinajstić information content (AvgIpc) is 3.55. The van der Waals surface area contributed by atoms with Crippen LogP contribution < -0.4 is 0 Å². The second kappa shape index (κ2) is 7.61. The van der Waals surface area contributed by atoms with Crippen molar-refractivity contribution in [2.24, 2.45) is 58.2 Å². The molecule has 0 aliphatic heterocycles. The summed E-state index contributed by atoms with van der Waals surface area (Å²) in [6.45, 7) is 18.5. The molecule has 174 valence electrons. The zero-order valence-electron chi connectivity index (χ0n) is 21.9. The fraction of sp³-hybridized carbons (Fsp3) is 0.688. The minimum absolute atomic E-state index is 0.509. The molecular formula is C32H46. The third-order valence-corrected chi connectivity index (χ3v) is 11.3. The van der Waals surface area contributed by atoms with E-state index in [1.165, 1.54) is 36.8 Å². The summed E-state index contributed by atoms with van der Waals surface area (Å²) < 4.78 is 0. The highest BCUT2D eigenvalue weighted by Crippen LogP contribution is 2.73. The number of hydrogen-bond donors (Lipinski definition) is 0. The van der Waals surface area contributed by atoms with Crippen LogP contribution in [0.2, 0.25) is 0 Å². The lowest BCUT2D eigenvalue weighted by Gasteiger charge is -2.47. The fourth-order valence-corrected chi connectivity index (χ4v) is 8.24. The van der Waals surface area contributed by atoms with Crippen molar-refractivity contribution in [2.75, 3.05) is 0 Å². The molecule has 0 aromatic carbocycles. The van der Waals surface area contributed by atoms with E-state index in [-0.39, 0.29) is 0 Å². The van der Waals surface area contributed by atoms with Crippen LogP contribution in [0.4, 0.5) is 0 Å². The topological polar surface area (TPSA) is 0 Å². The van der Waals surface area contributed by atoms with E-state index in [4.69, 9.17) is 0 Å². The van der Waals surface area contributed by atoms with Crippen LogP contribution in [0.1, 0.15) is 81.1 Å². The Balaban J connectivity index is 0.000000116. The van der Waals surface area contributed by atoms with Crippen molar-refractivity contribution < 1.29 is 0 Å². The van der Waals surface area contributed by atoms with Crippen molar-refractivity contribution in [1.29, 1.82) is 0 Å². The molecular weight excluding hydrogens is 384 g/mol. The molecule has 7 aliphatic carbocycles. The van der Waals surface area contributed by atoms with E-state index < -0.39 is 0 Å². The van der Waals surface area contributed by atoms with Gasteiger partial charge in [0.25, 0.3) is 0 Å². The van der Waals surface area contributed by atoms with Crippen molar-refractivity contribution >= 4 is 0 Å². The summed E-state index contributed by atoms with van der Waals surface area (Å²) in [5, 5.41) is 0. The van der Waals surface area contributed by atoms with Crippen LogP contribution in [-0.4, -0.2) is 0 Å². The molecule has 0 N–H and O–H groups in total. The number of allylic oxidation sites excluding steroid dienone is 10. The summed E-state index contributed by atoms with van der Waals surface area (Å²) in [5.74, 6) is 7.28. The van der Waals surface area contributed by atoms with Crippen LogP contribution in [-0.2, 0) is 0 Å². The number of rotatable bonds is 0. The second-order valence-electron chi connectivity index (χ2n) is 13.4. The van der Waals surface area contributed by atoms with Crippen LogP contribution in [0.5, 0.6) is 0 Å². The molecule has 8 atom stereocenters. The molecule has 0 aromatic heterocycles.